The number of halogens is 1. The number of carbonyl (C=O) groups is 1. The molecule has 0 saturated heterocycles. The van der Waals surface area contributed by atoms with E-state index in [-0.39, 0.29) is 34.5 Å². The van der Waals surface area contributed by atoms with E-state index in [9.17, 15) is 14.9 Å². The van der Waals surface area contributed by atoms with Crippen LogP contribution in [0.5, 0.6) is 0 Å². The second kappa shape index (κ2) is 7.01. The van der Waals surface area contributed by atoms with E-state index < -0.39 is 10.9 Å². The first-order chi connectivity index (χ1) is 11.0. The molecular weight excluding hydrogens is 324 g/mol. The molecule has 8 nitrogen and oxygen atoms in total. The van der Waals surface area contributed by atoms with Crippen molar-refractivity contribution in [3.8, 4) is 0 Å². The van der Waals surface area contributed by atoms with Gasteiger partial charge in [-0.1, -0.05) is 11.6 Å². The number of carbonyl (C=O) groups excluding carboxylic acids is 1. The van der Waals surface area contributed by atoms with Gasteiger partial charge in [0.05, 0.1) is 17.1 Å². The van der Waals surface area contributed by atoms with Crippen LogP contribution in [0.1, 0.15) is 17.3 Å². The number of nitrogens with zero attached hydrogens (tertiary/aromatic N) is 4. The Kier molecular flexibility index (Phi) is 5.07. The molecule has 2 aromatic rings. The number of hydrogen-bond acceptors (Lipinski definition) is 7. The number of anilines is 2. The number of rotatable bonds is 5. The van der Waals surface area contributed by atoms with E-state index >= 15 is 0 Å². The average molecular weight is 337 g/mol. The number of nitro benzene ring substituents is 1. The van der Waals surface area contributed by atoms with Crippen molar-refractivity contribution in [1.82, 2.24) is 9.97 Å². The Labute approximate surface area is 136 Å². The Hall–Kier alpha value is -2.74. The maximum Gasteiger partial charge on any atom is 0.338 e. The maximum atomic E-state index is 11.7. The quantitative estimate of drug-likeness (QED) is 0.470. The highest BCUT2D eigenvalue weighted by Gasteiger charge is 2.23. The standard InChI is InChI=1S/C14H13ClN4O4/c1-3-23-14(20)9-4-5-10(11(8-9)19(21)22)18(2)13-12(15)16-6-7-17-13/h4-8H,3H2,1-2H3. The number of benzene rings is 1. The van der Waals surface area contributed by atoms with Gasteiger partial charge < -0.3 is 9.64 Å². The van der Waals surface area contributed by atoms with Crippen LogP contribution in [-0.4, -0.2) is 34.5 Å². The summed E-state index contributed by atoms with van der Waals surface area (Å²) in [5.41, 5.74) is 0.0613. The van der Waals surface area contributed by atoms with E-state index in [1.54, 1.807) is 14.0 Å². The van der Waals surface area contributed by atoms with Crippen LogP contribution in [-0.2, 0) is 4.74 Å². The van der Waals surface area contributed by atoms with E-state index in [4.69, 9.17) is 16.3 Å². The van der Waals surface area contributed by atoms with E-state index in [1.165, 1.54) is 29.4 Å². The predicted octanol–water partition coefficient (Wildman–Crippen LogP) is 2.98. The summed E-state index contributed by atoms with van der Waals surface area (Å²) in [6, 6.07) is 4.05. The summed E-state index contributed by atoms with van der Waals surface area (Å²) in [6.07, 6.45) is 2.84. The highest BCUT2D eigenvalue weighted by molar-refractivity contribution is 6.31. The lowest BCUT2D eigenvalue weighted by Gasteiger charge is -2.18. The van der Waals surface area contributed by atoms with E-state index in [0.717, 1.165) is 6.07 Å². The Morgan fingerprint density at radius 2 is 2.09 bits per heavy atom. The minimum Gasteiger partial charge on any atom is -0.462 e. The SMILES string of the molecule is CCOC(=O)c1ccc(N(C)c2nccnc2Cl)c([N+](=O)[O-])c1. The highest BCUT2D eigenvalue weighted by Crippen LogP contribution is 2.34. The van der Waals surface area contributed by atoms with E-state index in [1.807, 2.05) is 0 Å². The summed E-state index contributed by atoms with van der Waals surface area (Å²) < 4.78 is 4.85. The van der Waals surface area contributed by atoms with Crippen molar-refractivity contribution in [2.45, 2.75) is 6.92 Å². The van der Waals surface area contributed by atoms with Crippen molar-refractivity contribution in [2.24, 2.45) is 0 Å². The lowest BCUT2D eigenvalue weighted by atomic mass is 10.1. The third kappa shape index (κ3) is 3.54. The molecule has 1 aromatic heterocycles. The molecule has 0 saturated carbocycles. The number of aromatic nitrogens is 2. The van der Waals surface area contributed by atoms with Crippen LogP contribution in [0.2, 0.25) is 5.15 Å². The molecule has 2 rings (SSSR count). The number of ether oxygens (including phenoxy) is 1. The Bertz CT molecular complexity index is 753. The van der Waals surface area contributed by atoms with Crippen molar-refractivity contribution in [3.63, 3.8) is 0 Å². The van der Waals surface area contributed by atoms with Crippen LogP contribution < -0.4 is 4.90 Å². The van der Waals surface area contributed by atoms with Crippen LogP contribution >= 0.6 is 11.6 Å². The molecule has 23 heavy (non-hydrogen) atoms. The van der Waals surface area contributed by atoms with Gasteiger partial charge in [-0.05, 0) is 19.1 Å². The molecule has 0 amide bonds. The van der Waals surface area contributed by atoms with Crippen LogP contribution in [0.3, 0.4) is 0 Å². The molecule has 0 atom stereocenters. The van der Waals surface area contributed by atoms with Crippen molar-refractivity contribution in [1.29, 1.82) is 0 Å². The fourth-order valence-electron chi connectivity index (χ4n) is 1.95. The van der Waals surface area contributed by atoms with Gasteiger partial charge >= 0.3 is 5.97 Å². The predicted molar refractivity (Wildman–Crippen MR) is 84.2 cm³/mol. The lowest BCUT2D eigenvalue weighted by Crippen LogP contribution is -2.15. The zero-order valence-corrected chi connectivity index (χ0v) is 13.1. The number of hydrogen-bond donors (Lipinski definition) is 0. The summed E-state index contributed by atoms with van der Waals surface area (Å²) in [5, 5.41) is 11.4. The molecule has 1 heterocycles. The molecule has 0 N–H and O–H groups in total. The van der Waals surface area contributed by atoms with Gasteiger partial charge in [0.2, 0.25) is 0 Å². The fraction of sp³-hybridized carbons (Fsp3) is 0.214. The van der Waals surface area contributed by atoms with Gasteiger partial charge in [0.15, 0.2) is 11.0 Å². The Morgan fingerprint density at radius 1 is 1.39 bits per heavy atom. The zero-order chi connectivity index (χ0) is 17.0. The minimum atomic E-state index is -0.623. The topological polar surface area (TPSA) is 98.5 Å². The normalized spacial score (nSPS) is 10.2. The van der Waals surface area contributed by atoms with Gasteiger partial charge in [0, 0.05) is 25.5 Å². The number of nitro groups is 1. The summed E-state index contributed by atoms with van der Waals surface area (Å²) in [7, 11) is 1.57. The van der Waals surface area contributed by atoms with Gasteiger partial charge in [0.1, 0.15) is 5.69 Å². The molecule has 0 aliphatic carbocycles. The average Bonchev–Trinajstić information content (AvgIpc) is 2.54. The molecule has 0 fully saturated rings. The molecule has 0 radical (unpaired) electrons. The molecule has 0 aliphatic rings. The van der Waals surface area contributed by atoms with Gasteiger partial charge in [-0.25, -0.2) is 14.8 Å². The van der Waals surface area contributed by atoms with Crippen molar-refractivity contribution >= 4 is 34.8 Å². The first-order valence-corrected chi connectivity index (χ1v) is 6.99. The molecule has 120 valence electrons. The molecule has 0 spiro atoms. The largest absolute Gasteiger partial charge is 0.462 e. The molecule has 9 heteroatoms. The molecule has 0 aliphatic heterocycles. The van der Waals surface area contributed by atoms with Gasteiger partial charge in [-0.15, -0.1) is 0 Å². The maximum absolute atomic E-state index is 11.7. The lowest BCUT2D eigenvalue weighted by molar-refractivity contribution is -0.384. The van der Waals surface area contributed by atoms with Gasteiger partial charge in [0.25, 0.3) is 5.69 Å². The zero-order valence-electron chi connectivity index (χ0n) is 12.4. The van der Waals surface area contributed by atoms with Crippen molar-refractivity contribution < 1.29 is 14.5 Å². The number of esters is 1. The smallest absolute Gasteiger partial charge is 0.338 e. The second-order valence-corrected chi connectivity index (χ2v) is 4.77. The monoisotopic (exact) mass is 336 g/mol. The summed E-state index contributed by atoms with van der Waals surface area (Å²) in [6.45, 7) is 1.84. The molecule has 0 unspecified atom stereocenters. The highest BCUT2D eigenvalue weighted by atomic mass is 35.5. The minimum absolute atomic E-state index is 0.0981. The Balaban J connectivity index is 2.48. The van der Waals surface area contributed by atoms with Crippen LogP contribution in [0.15, 0.2) is 30.6 Å². The van der Waals surface area contributed by atoms with E-state index in [2.05, 4.69) is 9.97 Å². The Morgan fingerprint density at radius 3 is 2.70 bits per heavy atom. The van der Waals surface area contributed by atoms with Crippen LogP contribution in [0.4, 0.5) is 17.2 Å². The van der Waals surface area contributed by atoms with Crippen LogP contribution in [0, 0.1) is 10.1 Å². The first-order valence-electron chi connectivity index (χ1n) is 6.61. The summed E-state index contributed by atoms with van der Waals surface area (Å²) in [4.78, 5) is 31.9. The van der Waals surface area contributed by atoms with E-state index in [0.29, 0.717) is 0 Å². The summed E-state index contributed by atoms with van der Waals surface area (Å²) >= 11 is 5.96. The third-order valence-corrected chi connectivity index (χ3v) is 3.26. The van der Waals surface area contributed by atoms with Crippen molar-refractivity contribution in [2.75, 3.05) is 18.6 Å². The molecular formula is C14H13ClN4O4. The third-order valence-electron chi connectivity index (χ3n) is 3.00. The first kappa shape index (κ1) is 16.6. The summed E-state index contributed by atoms with van der Waals surface area (Å²) in [5.74, 6) is -0.358. The molecule has 1 aromatic carbocycles. The second-order valence-electron chi connectivity index (χ2n) is 4.41. The molecule has 0 bridgehead atoms. The van der Waals surface area contributed by atoms with Gasteiger partial charge in [-0.3, -0.25) is 10.1 Å². The van der Waals surface area contributed by atoms with Crippen molar-refractivity contribution in [3.05, 3.63) is 51.4 Å². The fourth-order valence-corrected chi connectivity index (χ4v) is 2.18. The van der Waals surface area contributed by atoms with Gasteiger partial charge in [-0.2, -0.15) is 0 Å². The van der Waals surface area contributed by atoms with Crippen LogP contribution in [0.25, 0.3) is 0 Å².